The van der Waals surface area contributed by atoms with Gasteiger partial charge < -0.3 is 4.65 Å². The molecule has 1 nitrogen and oxygen atoms in total. The lowest BCUT2D eigenvalue weighted by Gasteiger charge is -2.35. The van der Waals surface area contributed by atoms with Gasteiger partial charge in [-0.3, -0.25) is 0 Å². The number of rotatable bonds is 18. The molecule has 0 bridgehead atoms. The van der Waals surface area contributed by atoms with Crippen LogP contribution in [0.5, 0.6) is 0 Å². The number of benzene rings is 4. The lowest BCUT2D eigenvalue weighted by atomic mass is 9.66. The Labute approximate surface area is 314 Å². The van der Waals surface area contributed by atoms with Gasteiger partial charge in [0.25, 0.3) is 0 Å². The summed E-state index contributed by atoms with van der Waals surface area (Å²) in [6.45, 7) is 17.5. The molecule has 0 aliphatic heterocycles. The van der Waals surface area contributed by atoms with Crippen LogP contribution in [0.1, 0.15) is 158 Å². The molecule has 0 aromatic heterocycles. The third-order valence-electron chi connectivity index (χ3n) is 13.1. The first-order chi connectivity index (χ1) is 24.7. The van der Waals surface area contributed by atoms with Gasteiger partial charge in [0.15, 0.2) is 0 Å². The minimum Gasteiger partial charge on any atom is -0.434 e. The quantitative estimate of drug-likeness (QED) is 0.0493. The highest BCUT2D eigenvalue weighted by Gasteiger charge is 2.52. The molecular weight excluding hydrogens is 634 g/mol. The zero-order chi connectivity index (χ0) is 36.2. The van der Waals surface area contributed by atoms with Crippen molar-refractivity contribution < 1.29 is 4.65 Å². The average Bonchev–Trinajstić information content (AvgIpc) is 3.60. The molecule has 2 aliphatic rings. The zero-order valence-corrected chi connectivity index (χ0v) is 34.2. The Morgan fingerprint density at radius 1 is 0.588 bits per heavy atom. The summed E-state index contributed by atoms with van der Waals surface area (Å²) in [5.41, 5.74) is 17.0. The molecule has 0 fully saturated rings. The van der Waals surface area contributed by atoms with Crippen molar-refractivity contribution in [3.8, 4) is 22.3 Å². The fraction of sp³-hybridized carbons (Fsp3) is 0.500. The van der Waals surface area contributed by atoms with Gasteiger partial charge in [-0.1, -0.05) is 177 Å². The molecule has 0 radical (unpaired) electrons. The highest BCUT2D eigenvalue weighted by Crippen LogP contribution is 2.63. The van der Waals surface area contributed by atoms with Gasteiger partial charge in [0.2, 0.25) is 0 Å². The van der Waals surface area contributed by atoms with Gasteiger partial charge in [0.1, 0.15) is 0 Å². The standard InChI is InChI=1S/C48H64BOP/c1-8-12-14-16-26-46(6,10-3)35-19-23-39-40-24-20-36(47(7,11-4)27-17-15-13-9-2)32-44(40)48(43(39)31-35)42-30-34(5)18-22-38(42)41-25-21-37(33-45(41)48)49-50-28-29-51/h18-25,30-33,49H,8-17,26-29,51H2,1-7H3. The van der Waals surface area contributed by atoms with E-state index in [-0.39, 0.29) is 16.2 Å². The molecule has 0 heterocycles. The number of fused-ring (bicyclic) bond motifs is 10. The number of aryl methyl sites for hydroxylation is 1. The predicted molar refractivity (Wildman–Crippen MR) is 228 cm³/mol. The molecule has 4 aromatic carbocycles. The van der Waals surface area contributed by atoms with Gasteiger partial charge >= 0.3 is 7.48 Å². The zero-order valence-electron chi connectivity index (χ0n) is 33.0. The minimum absolute atomic E-state index is 0.147. The van der Waals surface area contributed by atoms with Crippen LogP contribution in [0.25, 0.3) is 22.3 Å². The van der Waals surface area contributed by atoms with E-state index in [0.717, 1.165) is 25.6 Å². The van der Waals surface area contributed by atoms with Gasteiger partial charge in [-0.15, -0.1) is 9.24 Å². The van der Waals surface area contributed by atoms with E-state index in [9.17, 15) is 0 Å². The molecule has 0 N–H and O–H groups in total. The molecule has 3 atom stereocenters. The van der Waals surface area contributed by atoms with E-state index in [1.165, 1.54) is 131 Å². The van der Waals surface area contributed by atoms with Crippen LogP contribution >= 0.6 is 9.24 Å². The van der Waals surface area contributed by atoms with Crippen molar-refractivity contribution >= 4 is 22.2 Å². The summed E-state index contributed by atoms with van der Waals surface area (Å²) in [5, 5.41) is 0. The van der Waals surface area contributed by atoms with Crippen molar-refractivity contribution in [2.24, 2.45) is 0 Å². The van der Waals surface area contributed by atoms with Gasteiger partial charge in [-0.05, 0) is 105 Å². The molecule has 0 saturated carbocycles. The van der Waals surface area contributed by atoms with E-state index in [0.29, 0.717) is 7.48 Å². The summed E-state index contributed by atoms with van der Waals surface area (Å²) in [4.78, 5) is 0. The SMILES string of the molecule is CCCCCCC(C)(CC)c1ccc2c(c1)C1(c3cc(C)ccc3-c3ccc(BOCCP)cc31)c1cc(C(C)(CC)CCCCCC)ccc1-2. The molecule has 0 saturated heterocycles. The van der Waals surface area contributed by atoms with Crippen molar-refractivity contribution in [1.29, 1.82) is 0 Å². The van der Waals surface area contributed by atoms with Crippen molar-refractivity contribution in [3.05, 3.63) is 112 Å². The monoisotopic (exact) mass is 698 g/mol. The number of hydrogen-bond donors (Lipinski definition) is 0. The molecule has 3 unspecified atom stereocenters. The van der Waals surface area contributed by atoms with Gasteiger partial charge in [-0.2, -0.15) is 0 Å². The number of hydrogen-bond acceptors (Lipinski definition) is 1. The Hall–Kier alpha value is -2.67. The lowest BCUT2D eigenvalue weighted by molar-refractivity contribution is 0.371. The molecule has 0 amide bonds. The van der Waals surface area contributed by atoms with E-state index >= 15 is 0 Å². The van der Waals surface area contributed by atoms with E-state index in [2.05, 4.69) is 131 Å². The maximum Gasteiger partial charge on any atom is 0.308 e. The van der Waals surface area contributed by atoms with Crippen molar-refractivity contribution in [1.82, 2.24) is 0 Å². The summed E-state index contributed by atoms with van der Waals surface area (Å²) in [7, 11) is 3.45. The Balaban J connectivity index is 1.61. The third-order valence-corrected chi connectivity index (χ3v) is 13.4. The summed E-state index contributed by atoms with van der Waals surface area (Å²) >= 11 is 0. The van der Waals surface area contributed by atoms with Crippen molar-refractivity contribution in [3.63, 3.8) is 0 Å². The summed E-state index contributed by atoms with van der Waals surface area (Å²) in [6.07, 6.45) is 16.2. The fourth-order valence-corrected chi connectivity index (χ4v) is 9.60. The second kappa shape index (κ2) is 16.1. The molecule has 51 heavy (non-hydrogen) atoms. The van der Waals surface area contributed by atoms with Crippen LogP contribution in [0.15, 0.2) is 72.8 Å². The van der Waals surface area contributed by atoms with Crippen LogP contribution in [-0.4, -0.2) is 20.3 Å². The summed E-state index contributed by atoms with van der Waals surface area (Å²) in [5.74, 6) is 0. The molecule has 3 heteroatoms. The van der Waals surface area contributed by atoms with Crippen LogP contribution in [0, 0.1) is 6.92 Å². The Morgan fingerprint density at radius 3 is 1.55 bits per heavy atom. The summed E-state index contributed by atoms with van der Waals surface area (Å²) < 4.78 is 6.16. The fourth-order valence-electron chi connectivity index (χ4n) is 9.44. The molecule has 6 rings (SSSR count). The van der Waals surface area contributed by atoms with Crippen LogP contribution in [0.2, 0.25) is 0 Å². The molecule has 270 valence electrons. The predicted octanol–water partition coefficient (Wildman–Crippen LogP) is 12.5. The first-order valence-corrected chi connectivity index (χ1v) is 21.4. The van der Waals surface area contributed by atoms with Crippen LogP contribution < -0.4 is 5.46 Å². The second-order valence-electron chi connectivity index (χ2n) is 16.5. The second-order valence-corrected chi connectivity index (χ2v) is 17.1. The van der Waals surface area contributed by atoms with Crippen molar-refractivity contribution in [2.45, 2.75) is 142 Å². The van der Waals surface area contributed by atoms with Gasteiger partial charge in [0, 0.05) is 6.61 Å². The van der Waals surface area contributed by atoms with Crippen LogP contribution in [0.4, 0.5) is 0 Å². The van der Waals surface area contributed by atoms with Gasteiger partial charge in [0.05, 0.1) is 5.41 Å². The van der Waals surface area contributed by atoms with E-state index < -0.39 is 0 Å². The lowest BCUT2D eigenvalue weighted by Crippen LogP contribution is -2.30. The Morgan fingerprint density at radius 2 is 1.06 bits per heavy atom. The first-order valence-electron chi connectivity index (χ1n) is 20.5. The van der Waals surface area contributed by atoms with Gasteiger partial charge in [-0.25, -0.2) is 0 Å². The van der Waals surface area contributed by atoms with E-state index in [1.54, 1.807) is 0 Å². The largest absolute Gasteiger partial charge is 0.434 e. The van der Waals surface area contributed by atoms with E-state index in [4.69, 9.17) is 4.65 Å². The molecule has 4 aromatic rings. The summed E-state index contributed by atoms with van der Waals surface area (Å²) in [6, 6.07) is 29.8. The maximum atomic E-state index is 6.16. The molecule has 1 spiro atoms. The van der Waals surface area contributed by atoms with Crippen molar-refractivity contribution in [2.75, 3.05) is 12.8 Å². The highest BCUT2D eigenvalue weighted by atomic mass is 31.0. The molecule has 2 aliphatic carbocycles. The van der Waals surface area contributed by atoms with E-state index in [1.807, 2.05) is 0 Å². The third kappa shape index (κ3) is 6.95. The first kappa shape index (κ1) is 38.1. The Kier molecular flexibility index (Phi) is 12.1. The Bertz CT molecular complexity index is 1750. The molecular formula is C48H64BOP. The topological polar surface area (TPSA) is 9.23 Å². The number of unbranched alkanes of at least 4 members (excludes halogenated alkanes) is 6. The normalized spacial score (nSPS) is 17.8. The minimum atomic E-state index is -0.363. The van der Waals surface area contributed by atoms with Crippen LogP contribution in [0.3, 0.4) is 0 Å². The average molecular weight is 699 g/mol. The van der Waals surface area contributed by atoms with Crippen LogP contribution in [-0.2, 0) is 20.9 Å². The smallest absolute Gasteiger partial charge is 0.308 e. The maximum absolute atomic E-state index is 6.16. The highest BCUT2D eigenvalue weighted by molar-refractivity contribution is 7.16.